The molecule has 3 atom stereocenters. The lowest BCUT2D eigenvalue weighted by Crippen LogP contribution is -2.67. The maximum atomic E-state index is 12.5. The molecule has 5 heteroatoms. The number of morpholine rings is 1. The first-order chi connectivity index (χ1) is 10.1. The molecule has 5 nitrogen and oxygen atoms in total. The summed E-state index contributed by atoms with van der Waals surface area (Å²) >= 11 is 0. The summed E-state index contributed by atoms with van der Waals surface area (Å²) in [6, 6.07) is 9.49. The Bertz CT molecular complexity index is 559. The second kappa shape index (κ2) is 5.24. The normalized spacial score (nSPS) is 32.6. The maximum absolute atomic E-state index is 12.5. The molecule has 0 bridgehead atoms. The number of carbonyl (C=O) groups is 2. The number of hydrogen-bond acceptors (Lipinski definition) is 5. The summed E-state index contributed by atoms with van der Waals surface area (Å²) in [5, 5.41) is 0. The fourth-order valence-corrected chi connectivity index (χ4v) is 3.21. The van der Waals surface area contributed by atoms with E-state index in [9.17, 15) is 9.59 Å². The van der Waals surface area contributed by atoms with Gasteiger partial charge in [-0.15, -0.1) is 0 Å². The van der Waals surface area contributed by atoms with E-state index in [1.807, 2.05) is 42.2 Å². The van der Waals surface area contributed by atoms with Crippen LogP contribution >= 0.6 is 0 Å². The topological polar surface area (TPSA) is 55.8 Å². The number of ether oxygens (including phenoxy) is 2. The molecule has 2 heterocycles. The van der Waals surface area contributed by atoms with Crippen LogP contribution in [0, 0.1) is 0 Å². The van der Waals surface area contributed by atoms with E-state index in [1.54, 1.807) is 0 Å². The summed E-state index contributed by atoms with van der Waals surface area (Å²) < 4.78 is 11.0. The Labute approximate surface area is 123 Å². The van der Waals surface area contributed by atoms with Gasteiger partial charge in [-0.3, -0.25) is 4.79 Å². The zero-order valence-corrected chi connectivity index (χ0v) is 12.2. The Hall–Kier alpha value is -1.72. The molecular weight excluding hydrogens is 270 g/mol. The van der Waals surface area contributed by atoms with E-state index >= 15 is 0 Å². The smallest absolute Gasteiger partial charge is 0.334 e. The van der Waals surface area contributed by atoms with Crippen LogP contribution in [0.5, 0.6) is 0 Å². The van der Waals surface area contributed by atoms with E-state index in [0.29, 0.717) is 6.42 Å². The molecule has 0 N–H and O–H groups in total. The summed E-state index contributed by atoms with van der Waals surface area (Å²) in [4.78, 5) is 26.7. The molecule has 0 saturated carbocycles. The number of fused-ring (bicyclic) bond motifs is 1. The minimum atomic E-state index is -1.27. The second-order valence-corrected chi connectivity index (χ2v) is 5.72. The summed E-state index contributed by atoms with van der Waals surface area (Å²) in [6.45, 7) is 3.96. The van der Waals surface area contributed by atoms with Gasteiger partial charge >= 0.3 is 5.97 Å². The van der Waals surface area contributed by atoms with Crippen molar-refractivity contribution < 1.29 is 19.1 Å². The van der Waals surface area contributed by atoms with Crippen molar-refractivity contribution in [2.75, 3.05) is 13.3 Å². The first kappa shape index (κ1) is 14.2. The molecule has 2 saturated heterocycles. The summed E-state index contributed by atoms with van der Waals surface area (Å²) in [7, 11) is 0. The van der Waals surface area contributed by atoms with Gasteiger partial charge in [0.25, 0.3) is 0 Å². The third-order valence-corrected chi connectivity index (χ3v) is 4.52. The predicted octanol–water partition coefficient (Wildman–Crippen LogP) is 1.16. The van der Waals surface area contributed by atoms with E-state index in [4.69, 9.17) is 9.47 Å². The number of carbonyl (C=O) groups excluding carboxylic acids is 2. The lowest BCUT2D eigenvalue weighted by molar-refractivity contribution is -0.176. The van der Waals surface area contributed by atoms with Crippen LogP contribution in [-0.2, 0) is 25.5 Å². The monoisotopic (exact) mass is 289 g/mol. The molecule has 2 fully saturated rings. The van der Waals surface area contributed by atoms with Gasteiger partial charge in [0.1, 0.15) is 13.3 Å². The molecule has 2 aliphatic rings. The largest absolute Gasteiger partial charge is 0.462 e. The number of rotatable bonds is 3. The molecule has 1 aromatic carbocycles. The number of cyclic esters (lactones) is 1. The minimum absolute atomic E-state index is 0.0485. The molecule has 0 aromatic heterocycles. The van der Waals surface area contributed by atoms with Crippen molar-refractivity contribution in [1.29, 1.82) is 0 Å². The van der Waals surface area contributed by atoms with Gasteiger partial charge in [0.2, 0.25) is 0 Å². The van der Waals surface area contributed by atoms with E-state index in [2.05, 4.69) is 0 Å². The van der Waals surface area contributed by atoms with Crippen molar-refractivity contribution in [2.24, 2.45) is 0 Å². The van der Waals surface area contributed by atoms with Gasteiger partial charge in [-0.25, -0.2) is 9.69 Å². The molecule has 0 aliphatic carbocycles. The Morgan fingerprint density at radius 1 is 1.38 bits per heavy atom. The molecule has 112 valence electrons. The Morgan fingerprint density at radius 2 is 2.10 bits per heavy atom. The number of esters is 1. The van der Waals surface area contributed by atoms with Crippen molar-refractivity contribution in [3.63, 3.8) is 0 Å². The van der Waals surface area contributed by atoms with Gasteiger partial charge in [-0.1, -0.05) is 30.3 Å². The maximum Gasteiger partial charge on any atom is 0.334 e. The van der Waals surface area contributed by atoms with Crippen LogP contribution < -0.4 is 0 Å². The van der Waals surface area contributed by atoms with Crippen LogP contribution in [0.1, 0.15) is 19.4 Å². The third kappa shape index (κ3) is 2.17. The zero-order chi connectivity index (χ0) is 15.0. The highest BCUT2D eigenvalue weighted by Crippen LogP contribution is 2.35. The highest BCUT2D eigenvalue weighted by Gasteiger charge is 2.58. The number of ketones is 1. The Kier molecular flexibility index (Phi) is 3.55. The molecule has 2 aliphatic heterocycles. The highest BCUT2D eigenvalue weighted by molar-refractivity contribution is 6.08. The van der Waals surface area contributed by atoms with Crippen molar-refractivity contribution in [2.45, 2.75) is 38.0 Å². The zero-order valence-electron chi connectivity index (χ0n) is 12.2. The van der Waals surface area contributed by atoms with Gasteiger partial charge < -0.3 is 9.47 Å². The van der Waals surface area contributed by atoms with Crippen molar-refractivity contribution in [3.8, 4) is 0 Å². The third-order valence-electron chi connectivity index (χ3n) is 4.52. The molecule has 3 rings (SSSR count). The van der Waals surface area contributed by atoms with Crippen LogP contribution in [0.2, 0.25) is 0 Å². The summed E-state index contributed by atoms with van der Waals surface area (Å²) in [5.74, 6) is -0.661. The molecule has 1 aromatic rings. The SMILES string of the molecule is CC(=O)[C@@]1(Cc2ccccc2)C(=O)OC[C@@H]2[C@@H](C)OCN21. The minimum Gasteiger partial charge on any atom is -0.462 e. The number of hydrogen-bond donors (Lipinski definition) is 0. The number of Topliss-reactive ketones (excluding diaryl/α,β-unsaturated/α-hetero) is 1. The lowest BCUT2D eigenvalue weighted by atomic mass is 9.83. The fraction of sp³-hybridized carbons (Fsp3) is 0.500. The van der Waals surface area contributed by atoms with E-state index in [1.165, 1.54) is 6.92 Å². The van der Waals surface area contributed by atoms with Crippen LogP contribution in [0.25, 0.3) is 0 Å². The molecule has 0 amide bonds. The molecule has 0 spiro atoms. The Morgan fingerprint density at radius 3 is 2.76 bits per heavy atom. The number of nitrogens with zero attached hydrogens (tertiary/aromatic N) is 1. The molecule has 0 radical (unpaired) electrons. The van der Waals surface area contributed by atoms with Gasteiger partial charge in [-0.2, -0.15) is 0 Å². The van der Waals surface area contributed by atoms with Gasteiger partial charge in [-0.05, 0) is 19.4 Å². The van der Waals surface area contributed by atoms with Gasteiger partial charge in [0.05, 0.1) is 12.1 Å². The quantitative estimate of drug-likeness (QED) is 0.617. The van der Waals surface area contributed by atoms with Crippen molar-refractivity contribution >= 4 is 11.8 Å². The predicted molar refractivity (Wildman–Crippen MR) is 75.6 cm³/mol. The average Bonchev–Trinajstić information content (AvgIpc) is 2.85. The molecule has 21 heavy (non-hydrogen) atoms. The van der Waals surface area contributed by atoms with Crippen LogP contribution in [-0.4, -0.2) is 47.7 Å². The molecular formula is C16H19NO4. The number of benzene rings is 1. The van der Waals surface area contributed by atoms with Gasteiger partial charge in [0.15, 0.2) is 11.3 Å². The average molecular weight is 289 g/mol. The standard InChI is InChI=1S/C16H19NO4/c1-11-14-9-20-15(19)16(12(2)18,17(14)10-21-11)8-13-6-4-3-5-7-13/h3-7,11,14H,8-10H2,1-2H3/t11-,14-,16+/m1/s1. The second-order valence-electron chi connectivity index (χ2n) is 5.72. The lowest BCUT2D eigenvalue weighted by Gasteiger charge is -2.44. The van der Waals surface area contributed by atoms with E-state index < -0.39 is 11.5 Å². The van der Waals surface area contributed by atoms with E-state index in [0.717, 1.165) is 5.56 Å². The van der Waals surface area contributed by atoms with E-state index in [-0.39, 0.29) is 31.3 Å². The fourth-order valence-electron chi connectivity index (χ4n) is 3.21. The van der Waals surface area contributed by atoms with Crippen molar-refractivity contribution in [1.82, 2.24) is 4.90 Å². The van der Waals surface area contributed by atoms with Crippen LogP contribution in [0.15, 0.2) is 30.3 Å². The summed E-state index contributed by atoms with van der Waals surface area (Å²) in [6.07, 6.45) is 0.266. The first-order valence-electron chi connectivity index (χ1n) is 7.16. The van der Waals surface area contributed by atoms with Crippen molar-refractivity contribution in [3.05, 3.63) is 35.9 Å². The first-order valence-corrected chi connectivity index (χ1v) is 7.16. The Balaban J connectivity index is 2.02. The van der Waals surface area contributed by atoms with Crippen LogP contribution in [0.4, 0.5) is 0 Å². The van der Waals surface area contributed by atoms with Gasteiger partial charge in [0, 0.05) is 6.42 Å². The highest BCUT2D eigenvalue weighted by atomic mass is 16.6. The molecule has 0 unspecified atom stereocenters. The van der Waals surface area contributed by atoms with Crippen LogP contribution in [0.3, 0.4) is 0 Å². The summed E-state index contributed by atoms with van der Waals surface area (Å²) in [5.41, 5.74) is -0.334.